The highest BCUT2D eigenvalue weighted by atomic mass is 16.5. The number of hydrogen-bond acceptors (Lipinski definition) is 5. The molecule has 31 heavy (non-hydrogen) atoms. The van der Waals surface area contributed by atoms with Crippen LogP contribution in [0.25, 0.3) is 0 Å². The molecule has 0 radical (unpaired) electrons. The molecule has 6 nitrogen and oxygen atoms in total. The fraction of sp³-hybridized carbons (Fsp3) is 0.560. The van der Waals surface area contributed by atoms with Crippen LogP contribution in [0.1, 0.15) is 57.9 Å². The Bertz CT molecular complexity index is 857. The average Bonchev–Trinajstić information content (AvgIpc) is 2.94. The quantitative estimate of drug-likeness (QED) is 0.343. The van der Waals surface area contributed by atoms with Gasteiger partial charge in [-0.1, -0.05) is 30.7 Å². The maximum atomic E-state index is 13.5. The van der Waals surface area contributed by atoms with Crippen molar-refractivity contribution in [2.45, 2.75) is 57.8 Å². The average molecular weight is 427 g/mol. The van der Waals surface area contributed by atoms with Gasteiger partial charge in [-0.2, -0.15) is 0 Å². The van der Waals surface area contributed by atoms with E-state index in [-0.39, 0.29) is 24.1 Å². The number of anilines is 1. The van der Waals surface area contributed by atoms with Crippen molar-refractivity contribution in [1.29, 1.82) is 0 Å². The first-order chi connectivity index (χ1) is 14.8. The monoisotopic (exact) mass is 426 g/mol. The molecule has 1 aromatic carbocycles. The molecule has 0 saturated carbocycles. The molecule has 0 spiro atoms. The standard InChI is InChI=1S/C25H34N2O4/c1-19(28)31-16-10-7-11-20(18-27-14-8-4-9-15-27)23(29)17-25(2)21-12-5-6-13-22(21)26(3)24(25)30/h5-6,11-13H,4,7-10,14-18H2,1-3H3/b20-11+. The number of Topliss-reactive ketones (excluding diaryl/α,β-unsaturated/α-hetero) is 1. The van der Waals surface area contributed by atoms with Gasteiger partial charge in [0.15, 0.2) is 5.78 Å². The molecule has 1 atom stereocenters. The van der Waals surface area contributed by atoms with Gasteiger partial charge in [0.2, 0.25) is 5.91 Å². The molecule has 1 aromatic rings. The lowest BCUT2D eigenvalue weighted by atomic mass is 9.78. The Morgan fingerprint density at radius 2 is 1.87 bits per heavy atom. The second kappa shape index (κ2) is 10.2. The van der Waals surface area contributed by atoms with E-state index < -0.39 is 5.41 Å². The van der Waals surface area contributed by atoms with Crippen molar-refractivity contribution in [3.8, 4) is 0 Å². The zero-order valence-electron chi connectivity index (χ0n) is 19.0. The van der Waals surface area contributed by atoms with Gasteiger partial charge >= 0.3 is 5.97 Å². The molecule has 0 aromatic heterocycles. The molecule has 168 valence electrons. The van der Waals surface area contributed by atoms with Crippen molar-refractivity contribution in [3.63, 3.8) is 0 Å². The molecule has 2 aliphatic rings. The fourth-order valence-corrected chi connectivity index (χ4v) is 4.63. The Kier molecular flexibility index (Phi) is 7.65. The Morgan fingerprint density at radius 1 is 1.16 bits per heavy atom. The molecule has 1 saturated heterocycles. The summed E-state index contributed by atoms with van der Waals surface area (Å²) in [4.78, 5) is 41.5. The lowest BCUT2D eigenvalue weighted by Crippen LogP contribution is -2.39. The largest absolute Gasteiger partial charge is 0.466 e. The maximum Gasteiger partial charge on any atom is 0.302 e. The van der Waals surface area contributed by atoms with Gasteiger partial charge in [0, 0.05) is 38.2 Å². The number of likely N-dealkylation sites (tertiary alicyclic amines) is 1. The van der Waals surface area contributed by atoms with Crippen LogP contribution >= 0.6 is 0 Å². The summed E-state index contributed by atoms with van der Waals surface area (Å²) in [6.45, 7) is 6.25. The van der Waals surface area contributed by atoms with Gasteiger partial charge in [0.1, 0.15) is 0 Å². The minimum Gasteiger partial charge on any atom is -0.466 e. The number of ether oxygens (including phenoxy) is 1. The van der Waals surface area contributed by atoms with E-state index in [0.29, 0.717) is 26.0 Å². The summed E-state index contributed by atoms with van der Waals surface area (Å²) in [6.07, 6.45) is 7.04. The number of para-hydroxylation sites is 1. The second-order valence-corrected chi connectivity index (χ2v) is 8.86. The van der Waals surface area contributed by atoms with Crippen LogP contribution in [-0.4, -0.2) is 55.8 Å². The van der Waals surface area contributed by atoms with Crippen LogP contribution in [-0.2, 0) is 24.5 Å². The third kappa shape index (κ3) is 5.42. The van der Waals surface area contributed by atoms with Crippen LogP contribution in [0.3, 0.4) is 0 Å². The lowest BCUT2D eigenvalue weighted by molar-refractivity contribution is -0.141. The number of fused-ring (bicyclic) bond motifs is 1. The van der Waals surface area contributed by atoms with Crippen LogP contribution in [0.4, 0.5) is 5.69 Å². The number of hydrogen-bond donors (Lipinski definition) is 0. The van der Waals surface area contributed by atoms with Gasteiger partial charge in [-0.25, -0.2) is 0 Å². The van der Waals surface area contributed by atoms with E-state index in [1.54, 1.807) is 11.9 Å². The van der Waals surface area contributed by atoms with E-state index in [1.165, 1.54) is 13.3 Å². The zero-order chi connectivity index (χ0) is 22.4. The zero-order valence-corrected chi connectivity index (χ0v) is 19.0. The Labute approximate surface area is 185 Å². The fourth-order valence-electron chi connectivity index (χ4n) is 4.63. The number of ketones is 1. The topological polar surface area (TPSA) is 66.9 Å². The number of unbranched alkanes of at least 4 members (excludes halogenated alkanes) is 1. The van der Waals surface area contributed by atoms with E-state index in [9.17, 15) is 14.4 Å². The third-order valence-corrected chi connectivity index (χ3v) is 6.40. The first kappa shape index (κ1) is 23.2. The van der Waals surface area contributed by atoms with Crippen molar-refractivity contribution >= 4 is 23.3 Å². The summed E-state index contributed by atoms with van der Waals surface area (Å²) in [6, 6.07) is 7.73. The number of carbonyl (C=O) groups is 3. The van der Waals surface area contributed by atoms with Gasteiger partial charge in [0.05, 0.1) is 12.0 Å². The van der Waals surface area contributed by atoms with Crippen LogP contribution in [0.15, 0.2) is 35.9 Å². The van der Waals surface area contributed by atoms with Crippen molar-refractivity contribution in [1.82, 2.24) is 4.90 Å². The van der Waals surface area contributed by atoms with Gasteiger partial charge in [0.25, 0.3) is 0 Å². The van der Waals surface area contributed by atoms with Crippen molar-refractivity contribution in [2.24, 2.45) is 0 Å². The molecule has 2 aliphatic heterocycles. The highest BCUT2D eigenvalue weighted by Crippen LogP contribution is 2.43. The predicted molar refractivity (Wildman–Crippen MR) is 121 cm³/mol. The van der Waals surface area contributed by atoms with Gasteiger partial charge in [-0.15, -0.1) is 0 Å². The molecular formula is C25H34N2O4. The number of piperidine rings is 1. The summed E-state index contributed by atoms with van der Waals surface area (Å²) in [5, 5.41) is 0. The number of rotatable bonds is 9. The first-order valence-electron chi connectivity index (χ1n) is 11.3. The van der Waals surface area contributed by atoms with Gasteiger partial charge < -0.3 is 9.64 Å². The number of esters is 1. The van der Waals surface area contributed by atoms with Crippen LogP contribution in [0.2, 0.25) is 0 Å². The van der Waals surface area contributed by atoms with Crippen molar-refractivity contribution < 1.29 is 19.1 Å². The number of amides is 1. The molecule has 2 heterocycles. The smallest absolute Gasteiger partial charge is 0.302 e. The molecule has 0 N–H and O–H groups in total. The highest BCUT2D eigenvalue weighted by molar-refractivity contribution is 6.11. The summed E-state index contributed by atoms with van der Waals surface area (Å²) in [5.74, 6) is -0.294. The molecule has 1 fully saturated rings. The number of likely N-dealkylation sites (N-methyl/N-ethyl adjacent to an activating group) is 1. The van der Waals surface area contributed by atoms with Crippen LogP contribution in [0, 0.1) is 0 Å². The molecule has 1 amide bonds. The molecule has 6 heteroatoms. The first-order valence-corrected chi connectivity index (χ1v) is 11.3. The summed E-state index contributed by atoms with van der Waals surface area (Å²) >= 11 is 0. The Morgan fingerprint density at radius 3 is 2.58 bits per heavy atom. The minimum absolute atomic E-state index is 0.0269. The van der Waals surface area contributed by atoms with Crippen LogP contribution < -0.4 is 4.90 Å². The molecule has 3 rings (SSSR count). The van der Waals surface area contributed by atoms with Crippen molar-refractivity contribution in [3.05, 3.63) is 41.5 Å². The number of nitrogens with zero attached hydrogens (tertiary/aromatic N) is 2. The minimum atomic E-state index is -0.846. The van der Waals surface area contributed by atoms with E-state index in [1.807, 2.05) is 37.3 Å². The second-order valence-electron chi connectivity index (χ2n) is 8.86. The van der Waals surface area contributed by atoms with Crippen LogP contribution in [0.5, 0.6) is 0 Å². The van der Waals surface area contributed by atoms with E-state index >= 15 is 0 Å². The summed E-state index contributed by atoms with van der Waals surface area (Å²) in [5.41, 5.74) is 1.72. The normalized spacial score (nSPS) is 21.8. The lowest BCUT2D eigenvalue weighted by Gasteiger charge is -2.28. The van der Waals surface area contributed by atoms with E-state index in [0.717, 1.165) is 42.8 Å². The molecule has 0 aliphatic carbocycles. The van der Waals surface area contributed by atoms with Gasteiger partial charge in [-0.3, -0.25) is 19.3 Å². The van der Waals surface area contributed by atoms with Gasteiger partial charge in [-0.05, 0) is 57.3 Å². The van der Waals surface area contributed by atoms with E-state index in [2.05, 4.69) is 4.90 Å². The van der Waals surface area contributed by atoms with Crippen molar-refractivity contribution in [2.75, 3.05) is 38.2 Å². The molecule has 0 bridgehead atoms. The maximum absolute atomic E-state index is 13.5. The summed E-state index contributed by atoms with van der Waals surface area (Å²) < 4.78 is 5.01. The molecule has 1 unspecified atom stereocenters. The number of benzene rings is 1. The molecular weight excluding hydrogens is 392 g/mol. The number of allylic oxidation sites excluding steroid dienone is 1. The number of carbonyl (C=O) groups excluding carboxylic acids is 3. The third-order valence-electron chi connectivity index (χ3n) is 6.40. The highest BCUT2D eigenvalue weighted by Gasteiger charge is 2.47. The predicted octanol–water partition coefficient (Wildman–Crippen LogP) is 3.64. The Balaban J connectivity index is 1.75. The van der Waals surface area contributed by atoms with E-state index in [4.69, 9.17) is 4.74 Å². The summed E-state index contributed by atoms with van der Waals surface area (Å²) in [7, 11) is 1.77. The SMILES string of the molecule is CC(=O)OCCC/C=C(\CN1CCCCC1)C(=O)CC1(C)C(=O)N(C)c2ccccc21. The Hall–Kier alpha value is -2.47.